The van der Waals surface area contributed by atoms with Crippen molar-refractivity contribution < 1.29 is 4.74 Å². The van der Waals surface area contributed by atoms with Crippen molar-refractivity contribution >= 4 is 11.4 Å². The molecule has 0 aliphatic rings. The van der Waals surface area contributed by atoms with E-state index < -0.39 is 0 Å². The molecule has 2 aromatic carbocycles. The topological polar surface area (TPSA) is 47.3 Å². The molecule has 3 heteroatoms. The lowest BCUT2D eigenvalue weighted by Gasteiger charge is -2.09. The molecule has 3 nitrogen and oxygen atoms in total. The fourth-order valence-electron chi connectivity index (χ4n) is 1.60. The highest BCUT2D eigenvalue weighted by atomic mass is 16.5. The number of nitrogen functional groups attached to an aromatic ring is 1. The molecule has 0 spiro atoms. The number of hydrogen-bond donors (Lipinski definition) is 2. The second-order valence-corrected chi connectivity index (χ2v) is 3.79. The average molecular weight is 228 g/mol. The van der Waals surface area contributed by atoms with Gasteiger partial charge in [-0.3, -0.25) is 0 Å². The van der Waals surface area contributed by atoms with Gasteiger partial charge in [0.2, 0.25) is 0 Å². The Balaban J connectivity index is 2.00. The summed E-state index contributed by atoms with van der Waals surface area (Å²) in [5.74, 6) is 0.868. The molecule has 2 aromatic rings. The molecular weight excluding hydrogens is 212 g/mol. The SMILES string of the molecule is COc1ccc(CNc2ccccc2N)cc1. The lowest BCUT2D eigenvalue weighted by atomic mass is 10.2. The third kappa shape index (κ3) is 2.91. The number of nitrogens with one attached hydrogen (secondary N) is 1. The van der Waals surface area contributed by atoms with Crippen LogP contribution in [0, 0.1) is 0 Å². The monoisotopic (exact) mass is 228 g/mol. The van der Waals surface area contributed by atoms with E-state index in [4.69, 9.17) is 10.5 Å². The summed E-state index contributed by atoms with van der Waals surface area (Å²) in [5, 5.41) is 3.30. The molecule has 0 unspecified atom stereocenters. The Bertz CT molecular complexity index is 480. The van der Waals surface area contributed by atoms with E-state index in [0.29, 0.717) is 0 Å². The van der Waals surface area contributed by atoms with Gasteiger partial charge >= 0.3 is 0 Å². The van der Waals surface area contributed by atoms with Gasteiger partial charge in [0.25, 0.3) is 0 Å². The Morgan fingerprint density at radius 3 is 2.41 bits per heavy atom. The van der Waals surface area contributed by atoms with Crippen molar-refractivity contribution in [2.75, 3.05) is 18.2 Å². The fourth-order valence-corrected chi connectivity index (χ4v) is 1.60. The predicted octanol–water partition coefficient (Wildman–Crippen LogP) is 2.89. The van der Waals surface area contributed by atoms with Crippen molar-refractivity contribution in [2.24, 2.45) is 0 Å². The summed E-state index contributed by atoms with van der Waals surface area (Å²) < 4.78 is 5.11. The van der Waals surface area contributed by atoms with E-state index in [1.165, 1.54) is 5.56 Å². The van der Waals surface area contributed by atoms with Crippen LogP contribution in [0.3, 0.4) is 0 Å². The summed E-state index contributed by atoms with van der Waals surface area (Å²) >= 11 is 0. The van der Waals surface area contributed by atoms with E-state index in [1.807, 2.05) is 48.5 Å². The second-order valence-electron chi connectivity index (χ2n) is 3.79. The van der Waals surface area contributed by atoms with Crippen LogP contribution in [0.2, 0.25) is 0 Å². The van der Waals surface area contributed by atoms with Crippen LogP contribution in [0.5, 0.6) is 5.75 Å². The number of hydrogen-bond acceptors (Lipinski definition) is 3. The zero-order valence-electron chi connectivity index (χ0n) is 9.81. The Morgan fingerprint density at radius 2 is 1.76 bits per heavy atom. The van der Waals surface area contributed by atoms with Crippen LogP contribution in [0.1, 0.15) is 5.56 Å². The molecular formula is C14H16N2O. The number of para-hydroxylation sites is 2. The highest BCUT2D eigenvalue weighted by molar-refractivity contribution is 5.65. The quantitative estimate of drug-likeness (QED) is 0.791. The molecule has 17 heavy (non-hydrogen) atoms. The van der Waals surface area contributed by atoms with Gasteiger partial charge in [-0.2, -0.15) is 0 Å². The molecule has 88 valence electrons. The smallest absolute Gasteiger partial charge is 0.118 e. The molecule has 0 fully saturated rings. The Labute approximate surface area is 101 Å². The van der Waals surface area contributed by atoms with Gasteiger partial charge in [0, 0.05) is 6.54 Å². The molecule has 0 saturated heterocycles. The van der Waals surface area contributed by atoms with E-state index in [1.54, 1.807) is 7.11 Å². The molecule has 0 aliphatic carbocycles. The van der Waals surface area contributed by atoms with Crippen LogP contribution >= 0.6 is 0 Å². The van der Waals surface area contributed by atoms with Crippen molar-refractivity contribution in [1.29, 1.82) is 0 Å². The number of anilines is 2. The van der Waals surface area contributed by atoms with Gasteiger partial charge in [0.15, 0.2) is 0 Å². The van der Waals surface area contributed by atoms with Crippen LogP contribution < -0.4 is 15.8 Å². The van der Waals surface area contributed by atoms with Gasteiger partial charge in [-0.05, 0) is 29.8 Å². The van der Waals surface area contributed by atoms with E-state index in [2.05, 4.69) is 5.32 Å². The summed E-state index contributed by atoms with van der Waals surface area (Å²) in [5.41, 5.74) is 8.76. The Morgan fingerprint density at radius 1 is 1.06 bits per heavy atom. The number of rotatable bonds is 4. The molecule has 0 atom stereocenters. The van der Waals surface area contributed by atoms with Gasteiger partial charge in [-0.25, -0.2) is 0 Å². The van der Waals surface area contributed by atoms with Crippen molar-refractivity contribution in [3.05, 3.63) is 54.1 Å². The maximum Gasteiger partial charge on any atom is 0.118 e. The number of ether oxygens (including phenoxy) is 1. The maximum absolute atomic E-state index is 5.85. The van der Waals surface area contributed by atoms with Gasteiger partial charge < -0.3 is 15.8 Å². The fraction of sp³-hybridized carbons (Fsp3) is 0.143. The van der Waals surface area contributed by atoms with Crippen LogP contribution in [0.15, 0.2) is 48.5 Å². The average Bonchev–Trinajstić information content (AvgIpc) is 2.38. The zero-order valence-corrected chi connectivity index (χ0v) is 9.81. The van der Waals surface area contributed by atoms with E-state index in [-0.39, 0.29) is 0 Å². The highest BCUT2D eigenvalue weighted by Gasteiger charge is 1.98. The summed E-state index contributed by atoms with van der Waals surface area (Å²) in [6, 6.07) is 15.7. The zero-order chi connectivity index (χ0) is 12.1. The number of nitrogens with two attached hydrogens (primary N) is 1. The number of benzene rings is 2. The molecule has 3 N–H and O–H groups in total. The lowest BCUT2D eigenvalue weighted by Crippen LogP contribution is -2.02. The Hall–Kier alpha value is -2.16. The summed E-state index contributed by atoms with van der Waals surface area (Å²) in [4.78, 5) is 0. The highest BCUT2D eigenvalue weighted by Crippen LogP contribution is 2.18. The first kappa shape index (κ1) is 11.3. The summed E-state index contributed by atoms with van der Waals surface area (Å²) in [6.07, 6.45) is 0. The molecule has 0 aliphatic heterocycles. The summed E-state index contributed by atoms with van der Waals surface area (Å²) in [7, 11) is 1.66. The van der Waals surface area contributed by atoms with Crippen molar-refractivity contribution in [3.63, 3.8) is 0 Å². The number of methoxy groups -OCH3 is 1. The normalized spacial score (nSPS) is 9.94. The molecule has 0 amide bonds. The van der Waals surface area contributed by atoms with Gasteiger partial charge in [0.1, 0.15) is 5.75 Å². The van der Waals surface area contributed by atoms with Crippen molar-refractivity contribution in [3.8, 4) is 5.75 Å². The second kappa shape index (κ2) is 5.25. The minimum Gasteiger partial charge on any atom is -0.497 e. The van der Waals surface area contributed by atoms with Crippen molar-refractivity contribution in [2.45, 2.75) is 6.54 Å². The van der Waals surface area contributed by atoms with Crippen molar-refractivity contribution in [1.82, 2.24) is 0 Å². The van der Waals surface area contributed by atoms with E-state index in [0.717, 1.165) is 23.7 Å². The van der Waals surface area contributed by atoms with E-state index >= 15 is 0 Å². The first-order chi connectivity index (χ1) is 8.29. The molecule has 0 heterocycles. The van der Waals surface area contributed by atoms with Crippen LogP contribution in [0.4, 0.5) is 11.4 Å². The van der Waals surface area contributed by atoms with Gasteiger partial charge in [0.05, 0.1) is 18.5 Å². The third-order valence-electron chi connectivity index (χ3n) is 2.60. The van der Waals surface area contributed by atoms with Crippen LogP contribution in [-0.2, 0) is 6.54 Å². The standard InChI is InChI=1S/C14H16N2O/c1-17-12-8-6-11(7-9-12)10-16-14-5-3-2-4-13(14)15/h2-9,16H,10,15H2,1H3. The van der Waals surface area contributed by atoms with Gasteiger partial charge in [-0.15, -0.1) is 0 Å². The lowest BCUT2D eigenvalue weighted by molar-refractivity contribution is 0.414. The predicted molar refractivity (Wildman–Crippen MR) is 71.2 cm³/mol. The minimum absolute atomic E-state index is 0.748. The van der Waals surface area contributed by atoms with E-state index in [9.17, 15) is 0 Å². The minimum atomic E-state index is 0.748. The van der Waals surface area contributed by atoms with Crippen LogP contribution in [-0.4, -0.2) is 7.11 Å². The largest absolute Gasteiger partial charge is 0.497 e. The first-order valence-corrected chi connectivity index (χ1v) is 5.51. The molecule has 2 rings (SSSR count). The van der Waals surface area contributed by atoms with Crippen LogP contribution in [0.25, 0.3) is 0 Å². The maximum atomic E-state index is 5.85. The first-order valence-electron chi connectivity index (χ1n) is 5.51. The summed E-state index contributed by atoms with van der Waals surface area (Å²) in [6.45, 7) is 0.748. The molecule has 0 aromatic heterocycles. The molecule has 0 saturated carbocycles. The third-order valence-corrected chi connectivity index (χ3v) is 2.60. The van der Waals surface area contributed by atoms with Gasteiger partial charge in [-0.1, -0.05) is 24.3 Å². The molecule has 0 radical (unpaired) electrons. The Kier molecular flexibility index (Phi) is 3.50. The molecule has 0 bridgehead atoms.